The maximum atomic E-state index is 2.73. The predicted octanol–water partition coefficient (Wildman–Crippen LogP) is 21.0. The Kier molecular flexibility index (Phi) is 13.5. The van der Waals surface area contributed by atoms with Gasteiger partial charge in [-0.3, -0.25) is 0 Å². The second-order valence-electron chi connectivity index (χ2n) is 22.7. The van der Waals surface area contributed by atoms with Crippen LogP contribution in [0.2, 0.25) is 0 Å². The van der Waals surface area contributed by atoms with E-state index in [9.17, 15) is 0 Å². The van der Waals surface area contributed by atoms with E-state index in [-0.39, 0.29) is 16.2 Å². The monoisotopic (exact) mass is 957 g/mol. The molecular weight excluding hydrogens is 881 g/mol. The van der Waals surface area contributed by atoms with Gasteiger partial charge in [-0.15, -0.1) is 0 Å². The molecule has 3 aliphatic carbocycles. The normalized spacial score (nSPS) is 14.7. The van der Waals surface area contributed by atoms with E-state index in [2.05, 4.69) is 233 Å². The molecule has 8 aromatic carbocycles. The van der Waals surface area contributed by atoms with Gasteiger partial charge >= 0.3 is 0 Å². The van der Waals surface area contributed by atoms with Crippen molar-refractivity contribution in [2.24, 2.45) is 0 Å². The minimum absolute atomic E-state index is 0.0568. The third-order valence-corrected chi connectivity index (χ3v) is 17.4. The van der Waals surface area contributed by atoms with Gasteiger partial charge in [0.25, 0.3) is 0 Å². The highest BCUT2D eigenvalue weighted by atomic mass is 15.1. The van der Waals surface area contributed by atoms with Gasteiger partial charge in [0.15, 0.2) is 0 Å². The first kappa shape index (κ1) is 48.6. The van der Waals surface area contributed by atoms with Crippen LogP contribution in [-0.4, -0.2) is 0 Å². The van der Waals surface area contributed by atoms with Crippen molar-refractivity contribution in [1.29, 1.82) is 0 Å². The molecule has 0 amide bonds. The van der Waals surface area contributed by atoms with Crippen molar-refractivity contribution in [3.8, 4) is 33.4 Å². The Morgan fingerprint density at radius 3 is 0.904 bits per heavy atom. The third kappa shape index (κ3) is 8.73. The van der Waals surface area contributed by atoms with Gasteiger partial charge in [-0.05, 0) is 177 Å². The fourth-order valence-electron chi connectivity index (χ4n) is 13.5. The first-order valence-electron chi connectivity index (χ1n) is 28.1. The Bertz CT molecular complexity index is 2900. The van der Waals surface area contributed by atoms with Gasteiger partial charge in [-0.2, -0.15) is 0 Å². The largest absolute Gasteiger partial charge is 0.310 e. The van der Waals surface area contributed by atoms with Crippen LogP contribution in [0.3, 0.4) is 0 Å². The highest BCUT2D eigenvalue weighted by Gasteiger charge is 2.48. The van der Waals surface area contributed by atoms with Gasteiger partial charge in [0, 0.05) is 50.4 Å². The molecule has 0 aromatic heterocycles. The van der Waals surface area contributed by atoms with E-state index in [1.54, 1.807) is 11.1 Å². The third-order valence-electron chi connectivity index (χ3n) is 17.4. The number of para-hydroxylation sites is 4. The van der Waals surface area contributed by atoms with Crippen molar-refractivity contribution in [2.45, 2.75) is 148 Å². The van der Waals surface area contributed by atoms with Gasteiger partial charge < -0.3 is 9.80 Å². The summed E-state index contributed by atoms with van der Waals surface area (Å²) in [6.07, 6.45) is 18.1. The molecule has 0 heterocycles. The summed E-state index contributed by atoms with van der Waals surface area (Å²) in [5.74, 6) is 0. The van der Waals surface area contributed by atoms with Crippen molar-refractivity contribution in [1.82, 2.24) is 0 Å². The van der Waals surface area contributed by atoms with Crippen LogP contribution in [0.5, 0.6) is 0 Å². The Morgan fingerprint density at radius 1 is 0.274 bits per heavy atom. The Morgan fingerprint density at radius 2 is 0.562 bits per heavy atom. The van der Waals surface area contributed by atoms with Crippen LogP contribution in [0.15, 0.2) is 182 Å². The number of benzene rings is 8. The average molecular weight is 957 g/mol. The topological polar surface area (TPSA) is 6.48 Å². The fraction of sp³-hybridized carbons (Fsp3) is 0.324. The number of unbranched alkanes of at least 4 members (excludes halogenated alkanes) is 10. The van der Waals surface area contributed by atoms with Crippen LogP contribution in [0.1, 0.15) is 165 Å². The summed E-state index contributed by atoms with van der Waals surface area (Å²) in [5, 5.41) is 0. The smallest absolute Gasteiger partial charge is 0.0465 e. The molecule has 11 rings (SSSR count). The molecule has 0 radical (unpaired) electrons. The molecule has 0 spiro atoms. The van der Waals surface area contributed by atoms with Crippen molar-refractivity contribution >= 4 is 34.1 Å². The molecule has 8 aromatic rings. The summed E-state index contributed by atoms with van der Waals surface area (Å²) in [7, 11) is 0. The standard InChI is InChI=1S/C71H76N2/c1-7-9-11-13-15-29-43-71(44-30-16-14-12-10-8-2)67-49-59-57-41-39-55(72(51-31-21-17-22-32-51)52-33-23-18-24-34-52)45-63(57)69(3,4)65(59)47-61(67)62-48-66-60(50-68(62)71)58-42-40-56(46-64(58)70(66,5)6)73(53-35-25-19-26-36-53)54-37-27-20-28-38-54/h17-28,31-42,45-50H,7-16,29-30,43-44H2,1-6H3. The lowest BCUT2D eigenvalue weighted by Crippen LogP contribution is -2.26. The molecule has 73 heavy (non-hydrogen) atoms. The summed E-state index contributed by atoms with van der Waals surface area (Å²) >= 11 is 0. The van der Waals surface area contributed by atoms with Crippen molar-refractivity contribution in [3.05, 3.63) is 215 Å². The number of anilines is 6. The first-order valence-corrected chi connectivity index (χ1v) is 28.1. The summed E-state index contributed by atoms with van der Waals surface area (Å²) in [5.41, 5.74) is 24.2. The maximum absolute atomic E-state index is 2.73. The lowest BCUT2D eigenvalue weighted by Gasteiger charge is -2.34. The molecule has 0 aliphatic heterocycles. The fourth-order valence-corrected chi connectivity index (χ4v) is 13.5. The van der Waals surface area contributed by atoms with E-state index in [1.165, 1.54) is 180 Å². The molecule has 2 heteroatoms. The quantitative estimate of drug-likeness (QED) is 0.0703. The minimum Gasteiger partial charge on any atom is -0.310 e. The maximum Gasteiger partial charge on any atom is 0.0465 e. The van der Waals surface area contributed by atoms with Crippen molar-refractivity contribution in [2.75, 3.05) is 9.80 Å². The Balaban J connectivity index is 1.06. The van der Waals surface area contributed by atoms with Crippen LogP contribution >= 0.6 is 0 Å². The van der Waals surface area contributed by atoms with Gasteiger partial charge in [-0.1, -0.05) is 204 Å². The van der Waals surface area contributed by atoms with Crippen LogP contribution in [0, 0.1) is 0 Å². The summed E-state index contributed by atoms with van der Waals surface area (Å²) in [6, 6.07) is 69.0. The van der Waals surface area contributed by atoms with Crippen LogP contribution < -0.4 is 9.80 Å². The van der Waals surface area contributed by atoms with Crippen LogP contribution in [-0.2, 0) is 16.2 Å². The minimum atomic E-state index is -0.190. The van der Waals surface area contributed by atoms with Gasteiger partial charge in [0.1, 0.15) is 0 Å². The zero-order valence-electron chi connectivity index (χ0n) is 44.6. The Hall–Kier alpha value is -6.64. The second-order valence-corrected chi connectivity index (χ2v) is 22.7. The number of hydrogen-bond acceptors (Lipinski definition) is 2. The van der Waals surface area contributed by atoms with E-state index in [0.29, 0.717) is 0 Å². The summed E-state index contributed by atoms with van der Waals surface area (Å²) in [6.45, 7) is 14.6. The van der Waals surface area contributed by atoms with E-state index in [0.717, 1.165) is 0 Å². The molecule has 3 aliphatic rings. The molecule has 2 nitrogen and oxygen atoms in total. The predicted molar refractivity (Wildman–Crippen MR) is 313 cm³/mol. The van der Waals surface area contributed by atoms with Crippen molar-refractivity contribution in [3.63, 3.8) is 0 Å². The van der Waals surface area contributed by atoms with E-state index >= 15 is 0 Å². The Labute approximate surface area is 438 Å². The number of nitrogens with zero attached hydrogens (tertiary/aromatic N) is 2. The highest BCUT2D eigenvalue weighted by molar-refractivity contribution is 5.95. The second kappa shape index (κ2) is 20.3. The van der Waals surface area contributed by atoms with Gasteiger partial charge in [-0.25, -0.2) is 0 Å². The lowest BCUT2D eigenvalue weighted by molar-refractivity contribution is 0.398. The number of rotatable bonds is 20. The molecule has 0 atom stereocenters. The zero-order valence-corrected chi connectivity index (χ0v) is 44.6. The van der Waals surface area contributed by atoms with Crippen LogP contribution in [0.25, 0.3) is 33.4 Å². The zero-order chi connectivity index (χ0) is 50.2. The SMILES string of the molecule is CCCCCCCCC1(CCCCCCCC)c2cc3c(cc2-c2cc4c(cc21)-c1ccc(N(c2ccccc2)c2ccccc2)cc1C4(C)C)C(C)(C)c1cc(N(c2ccccc2)c2ccccc2)ccc1-3. The van der Waals surface area contributed by atoms with Crippen molar-refractivity contribution < 1.29 is 0 Å². The number of fused-ring (bicyclic) bond motifs is 9. The van der Waals surface area contributed by atoms with Gasteiger partial charge in [0.05, 0.1) is 0 Å². The summed E-state index contributed by atoms with van der Waals surface area (Å²) < 4.78 is 0. The first-order chi connectivity index (χ1) is 35.7. The number of hydrogen-bond donors (Lipinski definition) is 0. The van der Waals surface area contributed by atoms with E-state index in [1.807, 2.05) is 0 Å². The molecule has 0 fully saturated rings. The molecule has 0 saturated heterocycles. The van der Waals surface area contributed by atoms with E-state index < -0.39 is 0 Å². The molecule has 370 valence electrons. The highest BCUT2D eigenvalue weighted by Crippen LogP contribution is 2.62. The summed E-state index contributed by atoms with van der Waals surface area (Å²) in [4.78, 5) is 4.84. The molecule has 0 N–H and O–H groups in total. The molecule has 0 unspecified atom stereocenters. The lowest BCUT2D eigenvalue weighted by atomic mass is 9.69. The van der Waals surface area contributed by atoms with Crippen LogP contribution in [0.4, 0.5) is 34.1 Å². The van der Waals surface area contributed by atoms with Gasteiger partial charge in [0.2, 0.25) is 0 Å². The average Bonchev–Trinajstić information content (AvgIpc) is 3.92. The van der Waals surface area contributed by atoms with E-state index in [4.69, 9.17) is 0 Å². The molecular formula is C71H76N2. The molecule has 0 bridgehead atoms. The molecule has 0 saturated carbocycles.